The van der Waals surface area contributed by atoms with Crippen molar-refractivity contribution >= 4 is 0 Å². The Kier molecular flexibility index (Phi) is 4.79. The number of nitrogens with zero attached hydrogens (tertiary/aromatic N) is 3. The summed E-state index contributed by atoms with van der Waals surface area (Å²) in [5, 5.41) is 7.58. The Bertz CT molecular complexity index is 322. The summed E-state index contributed by atoms with van der Waals surface area (Å²) in [4.78, 5) is 4.01. The second-order valence-electron chi connectivity index (χ2n) is 4.69. The molecule has 17 heavy (non-hydrogen) atoms. The van der Waals surface area contributed by atoms with Gasteiger partial charge in [-0.3, -0.25) is 4.68 Å². The Labute approximate surface area is 103 Å². The summed E-state index contributed by atoms with van der Waals surface area (Å²) in [7, 11) is 1.84. The number of aromatic nitrogens is 3. The molecule has 1 fully saturated rings. The zero-order valence-corrected chi connectivity index (χ0v) is 10.6. The number of rotatable bonds is 9. The molecule has 0 saturated heterocycles. The van der Waals surface area contributed by atoms with Crippen LogP contribution < -0.4 is 10.1 Å². The molecule has 1 aromatic heterocycles. The maximum Gasteiger partial charge on any atom is 0.335 e. The third-order valence-corrected chi connectivity index (χ3v) is 2.89. The number of unbranched alkanes of at least 4 members (excludes halogenated alkanes) is 3. The third kappa shape index (κ3) is 5.17. The molecule has 5 nitrogen and oxygen atoms in total. The lowest BCUT2D eigenvalue weighted by atomic mass is 10.2. The average molecular weight is 238 g/mol. The van der Waals surface area contributed by atoms with Gasteiger partial charge in [-0.15, -0.1) is 5.10 Å². The van der Waals surface area contributed by atoms with Crippen molar-refractivity contribution in [2.24, 2.45) is 7.05 Å². The van der Waals surface area contributed by atoms with Crippen molar-refractivity contribution in [3.63, 3.8) is 0 Å². The van der Waals surface area contributed by atoms with Crippen LogP contribution in [0.4, 0.5) is 0 Å². The van der Waals surface area contributed by atoms with Crippen LogP contribution in [-0.2, 0) is 7.05 Å². The summed E-state index contributed by atoms with van der Waals surface area (Å²) in [5.74, 6) is 0. The second kappa shape index (κ2) is 6.59. The minimum atomic E-state index is 0.489. The van der Waals surface area contributed by atoms with E-state index in [0.29, 0.717) is 6.01 Å². The van der Waals surface area contributed by atoms with Gasteiger partial charge in [-0.25, -0.2) is 0 Å². The van der Waals surface area contributed by atoms with Crippen molar-refractivity contribution < 1.29 is 4.74 Å². The average Bonchev–Trinajstić information content (AvgIpc) is 3.05. The Balaban J connectivity index is 1.38. The topological polar surface area (TPSA) is 52.0 Å². The van der Waals surface area contributed by atoms with Gasteiger partial charge in [0.15, 0.2) is 0 Å². The molecule has 1 aromatic rings. The van der Waals surface area contributed by atoms with E-state index >= 15 is 0 Å². The maximum absolute atomic E-state index is 5.42. The first kappa shape index (κ1) is 12.4. The van der Waals surface area contributed by atoms with Crippen molar-refractivity contribution in [2.75, 3.05) is 13.2 Å². The van der Waals surface area contributed by atoms with Crippen LogP contribution in [0.5, 0.6) is 6.01 Å². The summed E-state index contributed by atoms with van der Waals surface area (Å²) in [6.07, 6.45) is 9.27. The van der Waals surface area contributed by atoms with Crippen molar-refractivity contribution in [3.8, 4) is 6.01 Å². The Morgan fingerprint density at radius 1 is 1.35 bits per heavy atom. The number of ether oxygens (including phenoxy) is 1. The molecule has 0 unspecified atom stereocenters. The van der Waals surface area contributed by atoms with Crippen molar-refractivity contribution in [2.45, 2.75) is 44.6 Å². The first-order valence-electron chi connectivity index (χ1n) is 6.56. The van der Waals surface area contributed by atoms with Crippen LogP contribution in [0, 0.1) is 0 Å². The SMILES string of the molecule is Cn1cnc(OCCCCCCNC2CC2)n1. The van der Waals surface area contributed by atoms with E-state index in [9.17, 15) is 0 Å². The molecule has 0 bridgehead atoms. The van der Waals surface area contributed by atoms with E-state index in [1.807, 2.05) is 7.05 Å². The number of nitrogens with one attached hydrogen (secondary N) is 1. The second-order valence-corrected chi connectivity index (χ2v) is 4.69. The smallest absolute Gasteiger partial charge is 0.335 e. The Morgan fingerprint density at radius 3 is 2.88 bits per heavy atom. The van der Waals surface area contributed by atoms with Gasteiger partial charge in [0.2, 0.25) is 0 Å². The number of aryl methyl sites for hydroxylation is 1. The molecule has 0 aromatic carbocycles. The van der Waals surface area contributed by atoms with Crippen LogP contribution in [0.1, 0.15) is 38.5 Å². The molecular weight excluding hydrogens is 216 g/mol. The molecule has 1 aliphatic carbocycles. The minimum absolute atomic E-state index is 0.489. The molecule has 0 aliphatic heterocycles. The van der Waals surface area contributed by atoms with Crippen LogP contribution in [0.15, 0.2) is 6.33 Å². The number of hydrogen-bond acceptors (Lipinski definition) is 4. The van der Waals surface area contributed by atoms with Crippen molar-refractivity contribution in [1.29, 1.82) is 0 Å². The fourth-order valence-corrected chi connectivity index (χ4v) is 1.72. The van der Waals surface area contributed by atoms with Crippen LogP contribution >= 0.6 is 0 Å². The first-order chi connectivity index (χ1) is 8.34. The number of hydrogen-bond donors (Lipinski definition) is 1. The molecule has 96 valence electrons. The molecule has 0 radical (unpaired) electrons. The molecule has 1 heterocycles. The van der Waals surface area contributed by atoms with E-state index in [-0.39, 0.29) is 0 Å². The van der Waals surface area contributed by atoms with Crippen molar-refractivity contribution in [1.82, 2.24) is 20.1 Å². The summed E-state index contributed by atoms with van der Waals surface area (Å²) in [5.41, 5.74) is 0. The van der Waals surface area contributed by atoms with E-state index < -0.39 is 0 Å². The highest BCUT2D eigenvalue weighted by atomic mass is 16.5. The highest BCUT2D eigenvalue weighted by Crippen LogP contribution is 2.18. The lowest BCUT2D eigenvalue weighted by molar-refractivity contribution is 0.280. The summed E-state index contributed by atoms with van der Waals surface area (Å²) in [6, 6.07) is 1.33. The van der Waals surface area contributed by atoms with Gasteiger partial charge < -0.3 is 10.1 Å². The van der Waals surface area contributed by atoms with Gasteiger partial charge >= 0.3 is 6.01 Å². The van der Waals surface area contributed by atoms with Gasteiger partial charge in [0.05, 0.1) is 6.61 Å². The van der Waals surface area contributed by atoms with Gasteiger partial charge in [0.25, 0.3) is 0 Å². The summed E-state index contributed by atoms with van der Waals surface area (Å²) in [6.45, 7) is 1.90. The van der Waals surface area contributed by atoms with E-state index in [1.165, 1.54) is 38.6 Å². The highest BCUT2D eigenvalue weighted by molar-refractivity contribution is 4.86. The Morgan fingerprint density at radius 2 is 2.18 bits per heavy atom. The van der Waals surface area contributed by atoms with Gasteiger partial charge in [0, 0.05) is 13.1 Å². The normalized spacial score (nSPS) is 15.1. The van der Waals surface area contributed by atoms with Gasteiger partial charge in [-0.1, -0.05) is 12.8 Å². The molecule has 1 aliphatic rings. The lowest BCUT2D eigenvalue weighted by Crippen LogP contribution is -2.17. The zero-order chi connectivity index (χ0) is 11.9. The molecule has 5 heteroatoms. The van der Waals surface area contributed by atoms with Crippen LogP contribution in [0.25, 0.3) is 0 Å². The predicted molar refractivity (Wildman–Crippen MR) is 66.0 cm³/mol. The van der Waals surface area contributed by atoms with E-state index in [4.69, 9.17) is 4.74 Å². The largest absolute Gasteiger partial charge is 0.462 e. The van der Waals surface area contributed by atoms with Gasteiger partial charge in [0.1, 0.15) is 6.33 Å². The molecule has 2 rings (SSSR count). The fraction of sp³-hybridized carbons (Fsp3) is 0.833. The molecule has 0 amide bonds. The van der Waals surface area contributed by atoms with Crippen LogP contribution in [0.2, 0.25) is 0 Å². The van der Waals surface area contributed by atoms with Crippen molar-refractivity contribution in [3.05, 3.63) is 6.33 Å². The van der Waals surface area contributed by atoms with Crippen LogP contribution in [0.3, 0.4) is 0 Å². The first-order valence-corrected chi connectivity index (χ1v) is 6.56. The molecule has 1 saturated carbocycles. The Hall–Kier alpha value is -1.10. The van der Waals surface area contributed by atoms with Gasteiger partial charge in [-0.2, -0.15) is 4.98 Å². The molecule has 0 spiro atoms. The predicted octanol–water partition coefficient (Wildman–Crippen LogP) is 1.51. The monoisotopic (exact) mass is 238 g/mol. The quantitative estimate of drug-likeness (QED) is 0.662. The standard InChI is InChI=1S/C12H22N4O/c1-16-10-14-12(15-16)17-9-5-3-2-4-8-13-11-6-7-11/h10-11,13H,2-9H2,1H3. The minimum Gasteiger partial charge on any atom is -0.462 e. The maximum atomic E-state index is 5.42. The molecule has 0 atom stereocenters. The third-order valence-electron chi connectivity index (χ3n) is 2.89. The zero-order valence-electron chi connectivity index (χ0n) is 10.6. The fourth-order valence-electron chi connectivity index (χ4n) is 1.72. The van der Waals surface area contributed by atoms with E-state index in [1.54, 1.807) is 11.0 Å². The summed E-state index contributed by atoms with van der Waals surface area (Å²) >= 11 is 0. The van der Waals surface area contributed by atoms with Gasteiger partial charge in [-0.05, 0) is 32.2 Å². The molecular formula is C12H22N4O. The molecule has 1 N–H and O–H groups in total. The van der Waals surface area contributed by atoms with E-state index in [2.05, 4.69) is 15.4 Å². The van der Waals surface area contributed by atoms with E-state index in [0.717, 1.165) is 19.1 Å². The highest BCUT2D eigenvalue weighted by Gasteiger charge is 2.19. The summed E-state index contributed by atoms with van der Waals surface area (Å²) < 4.78 is 7.07. The van der Waals surface area contributed by atoms with Crippen LogP contribution in [-0.4, -0.2) is 34.0 Å². The lowest BCUT2D eigenvalue weighted by Gasteiger charge is -2.03.